The number of hydrogen-bond donors (Lipinski definition) is 1. The van der Waals surface area contributed by atoms with Gasteiger partial charge in [0.05, 0.1) is 0 Å². The van der Waals surface area contributed by atoms with Gasteiger partial charge in [-0.15, -0.1) is 0 Å². The third-order valence-electron chi connectivity index (χ3n) is 3.29. The van der Waals surface area contributed by atoms with Gasteiger partial charge in [0.2, 0.25) is 0 Å². The van der Waals surface area contributed by atoms with Crippen LogP contribution in [0.15, 0.2) is 18.9 Å². The maximum atomic E-state index is 3.86. The smallest absolute Gasteiger partial charge is 0.0450 e. The van der Waals surface area contributed by atoms with Crippen LogP contribution in [-0.4, -0.2) is 4.98 Å². The van der Waals surface area contributed by atoms with E-state index in [1.165, 1.54) is 36.8 Å². The zero-order valence-electron chi connectivity index (χ0n) is 11.4. The van der Waals surface area contributed by atoms with E-state index in [4.69, 9.17) is 0 Å². The van der Waals surface area contributed by atoms with Gasteiger partial charge in [0.15, 0.2) is 0 Å². The van der Waals surface area contributed by atoms with Crippen molar-refractivity contribution in [3.63, 3.8) is 0 Å². The topological polar surface area (TPSA) is 15.8 Å². The molecule has 0 spiro atoms. The minimum atomic E-state index is 0.623. The van der Waals surface area contributed by atoms with Crippen LogP contribution in [0.3, 0.4) is 0 Å². The molecule has 1 rings (SSSR count). The number of nitrogens with one attached hydrogen (secondary N) is 1. The lowest BCUT2D eigenvalue weighted by Gasteiger charge is -2.11. The average Bonchev–Trinajstić information content (AvgIpc) is 2.73. The third-order valence-corrected chi connectivity index (χ3v) is 3.29. The van der Waals surface area contributed by atoms with Crippen LogP contribution >= 0.6 is 0 Å². The highest BCUT2D eigenvalue weighted by Gasteiger charge is 2.12. The van der Waals surface area contributed by atoms with Crippen LogP contribution in [0.4, 0.5) is 0 Å². The van der Waals surface area contributed by atoms with Crippen LogP contribution in [0.25, 0.3) is 12.2 Å². The first-order valence-electron chi connectivity index (χ1n) is 6.71. The molecule has 0 radical (unpaired) electrons. The van der Waals surface area contributed by atoms with Crippen LogP contribution < -0.4 is 0 Å². The van der Waals surface area contributed by atoms with E-state index in [2.05, 4.69) is 50.7 Å². The Bertz CT molecular complexity index is 371. The second kappa shape index (κ2) is 7.16. The van der Waals surface area contributed by atoms with Crippen molar-refractivity contribution >= 4 is 12.2 Å². The quantitative estimate of drug-likeness (QED) is 0.607. The number of allylic oxidation sites excluding steroid dienone is 1. The minimum Gasteiger partial charge on any atom is -0.361 e. The summed E-state index contributed by atoms with van der Waals surface area (Å²) in [5.74, 6) is 0.623. The molecule has 0 bridgehead atoms. The Morgan fingerprint density at radius 2 is 2.18 bits per heavy atom. The molecule has 1 nitrogen and oxygen atoms in total. The molecular weight excluding hydrogens is 206 g/mol. The summed E-state index contributed by atoms with van der Waals surface area (Å²) >= 11 is 0. The van der Waals surface area contributed by atoms with Crippen molar-refractivity contribution in [2.75, 3.05) is 0 Å². The number of H-pyrrole nitrogens is 1. The van der Waals surface area contributed by atoms with Crippen molar-refractivity contribution in [1.82, 2.24) is 4.98 Å². The van der Waals surface area contributed by atoms with Crippen LogP contribution in [0.2, 0.25) is 0 Å². The van der Waals surface area contributed by atoms with Gasteiger partial charge in [-0.1, -0.05) is 51.8 Å². The van der Waals surface area contributed by atoms with Crippen molar-refractivity contribution in [2.45, 2.75) is 52.4 Å². The van der Waals surface area contributed by atoms with E-state index in [1.807, 2.05) is 6.08 Å². The molecule has 1 atom stereocenters. The summed E-state index contributed by atoms with van der Waals surface area (Å²) in [4.78, 5) is 3.31. The summed E-state index contributed by atoms with van der Waals surface area (Å²) in [6, 6.07) is 0. The molecule has 0 aliphatic heterocycles. The summed E-state index contributed by atoms with van der Waals surface area (Å²) in [6.07, 6.45) is 13.5. The molecule has 0 amide bonds. The molecule has 0 aliphatic rings. The summed E-state index contributed by atoms with van der Waals surface area (Å²) in [7, 11) is 0. The van der Waals surface area contributed by atoms with Gasteiger partial charge in [-0.05, 0) is 30.9 Å². The first kappa shape index (κ1) is 13.8. The van der Waals surface area contributed by atoms with Crippen molar-refractivity contribution in [3.8, 4) is 0 Å². The highest BCUT2D eigenvalue weighted by molar-refractivity contribution is 5.65. The summed E-state index contributed by atoms with van der Waals surface area (Å²) in [5, 5.41) is 0. The standard InChI is InChI=1S/C16H25N/c1-5-8-9-11-13(4)15-12-17-16(7-3)14(15)10-6-2/h6-7,10,12-13,17H,3,5,8-9,11H2,1-2,4H3/b10-6-. The molecule has 0 saturated heterocycles. The lowest BCUT2D eigenvalue weighted by Crippen LogP contribution is -1.94. The van der Waals surface area contributed by atoms with Gasteiger partial charge in [0, 0.05) is 17.5 Å². The van der Waals surface area contributed by atoms with E-state index in [1.54, 1.807) is 0 Å². The summed E-state index contributed by atoms with van der Waals surface area (Å²) < 4.78 is 0. The SMILES string of the molecule is C=Cc1[nH]cc(C(C)CCCCC)c1/C=C\C. The maximum Gasteiger partial charge on any atom is 0.0450 e. The van der Waals surface area contributed by atoms with E-state index in [0.29, 0.717) is 5.92 Å². The van der Waals surface area contributed by atoms with Crippen molar-refractivity contribution < 1.29 is 0 Å². The zero-order chi connectivity index (χ0) is 12.7. The monoisotopic (exact) mass is 231 g/mol. The zero-order valence-corrected chi connectivity index (χ0v) is 11.4. The molecule has 17 heavy (non-hydrogen) atoms. The molecule has 0 aliphatic carbocycles. The van der Waals surface area contributed by atoms with Crippen LogP contribution in [-0.2, 0) is 0 Å². The molecule has 0 fully saturated rings. The normalized spacial score (nSPS) is 13.1. The molecule has 94 valence electrons. The Balaban J connectivity index is 2.81. The van der Waals surface area contributed by atoms with Crippen LogP contribution in [0.1, 0.15) is 69.2 Å². The molecule has 1 heterocycles. The van der Waals surface area contributed by atoms with Crippen molar-refractivity contribution in [3.05, 3.63) is 35.7 Å². The Labute approximate surface area is 106 Å². The van der Waals surface area contributed by atoms with Crippen LogP contribution in [0, 0.1) is 0 Å². The lowest BCUT2D eigenvalue weighted by molar-refractivity contribution is 0.598. The van der Waals surface area contributed by atoms with E-state index in [0.717, 1.165) is 5.69 Å². The third kappa shape index (κ3) is 3.62. The molecule has 1 heteroatoms. The number of aromatic amines is 1. The molecule has 1 aromatic rings. The fourth-order valence-electron chi connectivity index (χ4n) is 2.25. The van der Waals surface area contributed by atoms with Crippen LogP contribution in [0.5, 0.6) is 0 Å². The number of hydrogen-bond acceptors (Lipinski definition) is 0. The largest absolute Gasteiger partial charge is 0.361 e. The molecule has 1 aromatic heterocycles. The average molecular weight is 231 g/mol. The number of aromatic nitrogens is 1. The number of rotatable bonds is 7. The second-order valence-corrected chi connectivity index (χ2v) is 4.67. The van der Waals surface area contributed by atoms with E-state index < -0.39 is 0 Å². The first-order valence-corrected chi connectivity index (χ1v) is 6.71. The van der Waals surface area contributed by atoms with E-state index in [-0.39, 0.29) is 0 Å². The highest BCUT2D eigenvalue weighted by atomic mass is 14.7. The van der Waals surface area contributed by atoms with E-state index >= 15 is 0 Å². The Morgan fingerprint density at radius 1 is 1.41 bits per heavy atom. The number of unbranched alkanes of at least 4 members (excludes halogenated alkanes) is 2. The second-order valence-electron chi connectivity index (χ2n) is 4.67. The first-order chi connectivity index (χ1) is 8.24. The van der Waals surface area contributed by atoms with E-state index in [9.17, 15) is 0 Å². The molecule has 0 saturated carbocycles. The fourth-order valence-corrected chi connectivity index (χ4v) is 2.25. The molecule has 1 unspecified atom stereocenters. The van der Waals surface area contributed by atoms with Gasteiger partial charge in [0.1, 0.15) is 0 Å². The lowest BCUT2D eigenvalue weighted by atomic mass is 9.93. The van der Waals surface area contributed by atoms with Crippen molar-refractivity contribution in [2.24, 2.45) is 0 Å². The van der Waals surface area contributed by atoms with Gasteiger partial charge >= 0.3 is 0 Å². The fraction of sp³-hybridized carbons (Fsp3) is 0.500. The van der Waals surface area contributed by atoms with Gasteiger partial charge < -0.3 is 4.98 Å². The molecule has 1 N–H and O–H groups in total. The van der Waals surface area contributed by atoms with Gasteiger partial charge in [-0.25, -0.2) is 0 Å². The maximum absolute atomic E-state index is 3.86. The summed E-state index contributed by atoms with van der Waals surface area (Å²) in [5.41, 5.74) is 3.88. The predicted molar refractivity (Wildman–Crippen MR) is 78.1 cm³/mol. The molecule has 0 aromatic carbocycles. The molecular formula is C16H25N. The predicted octanol–water partition coefficient (Wildman–Crippen LogP) is 5.37. The van der Waals surface area contributed by atoms with Gasteiger partial charge in [-0.2, -0.15) is 0 Å². The highest BCUT2D eigenvalue weighted by Crippen LogP contribution is 2.28. The Hall–Kier alpha value is -1.24. The summed E-state index contributed by atoms with van der Waals surface area (Å²) in [6.45, 7) is 10.5. The van der Waals surface area contributed by atoms with Gasteiger partial charge in [-0.3, -0.25) is 0 Å². The Kier molecular flexibility index (Phi) is 5.82. The minimum absolute atomic E-state index is 0.623. The van der Waals surface area contributed by atoms with Crippen molar-refractivity contribution in [1.29, 1.82) is 0 Å². The Morgan fingerprint density at radius 3 is 2.76 bits per heavy atom. The van der Waals surface area contributed by atoms with Gasteiger partial charge in [0.25, 0.3) is 0 Å².